The zero-order valence-corrected chi connectivity index (χ0v) is 16.9. The molecule has 0 bridgehead atoms. The van der Waals surface area contributed by atoms with Crippen LogP contribution in [0.3, 0.4) is 0 Å². The highest BCUT2D eigenvalue weighted by Gasteiger charge is 2.27. The number of imidazole rings is 1. The molecule has 0 aliphatic carbocycles. The first-order valence-electron chi connectivity index (χ1n) is 9.27. The zero-order valence-electron chi connectivity index (χ0n) is 16.2. The first kappa shape index (κ1) is 19.8. The molecule has 3 N–H and O–H groups in total. The highest BCUT2D eigenvalue weighted by atomic mass is 35.5. The summed E-state index contributed by atoms with van der Waals surface area (Å²) in [6.45, 7) is 3.86. The van der Waals surface area contributed by atoms with Gasteiger partial charge in [-0.25, -0.2) is 9.37 Å². The van der Waals surface area contributed by atoms with E-state index in [1.807, 2.05) is 0 Å². The minimum absolute atomic E-state index is 0.0965. The lowest BCUT2D eigenvalue weighted by Crippen LogP contribution is -2.28. The molecule has 0 saturated carbocycles. The van der Waals surface area contributed by atoms with Crippen molar-refractivity contribution in [1.82, 2.24) is 24.9 Å². The van der Waals surface area contributed by atoms with E-state index >= 15 is 4.39 Å². The van der Waals surface area contributed by atoms with Gasteiger partial charge in [0.15, 0.2) is 5.82 Å². The fourth-order valence-electron chi connectivity index (χ4n) is 3.55. The van der Waals surface area contributed by atoms with Crippen LogP contribution in [0.1, 0.15) is 25.3 Å². The summed E-state index contributed by atoms with van der Waals surface area (Å²) >= 11 is 6.47. The number of nitrogens with zero attached hydrogens (tertiary/aromatic N) is 3. The van der Waals surface area contributed by atoms with Crippen LogP contribution in [0.5, 0.6) is 0 Å². The maximum absolute atomic E-state index is 15.4. The molecule has 0 aliphatic rings. The fourth-order valence-corrected chi connectivity index (χ4v) is 3.87. The van der Waals surface area contributed by atoms with Crippen molar-refractivity contribution in [3.05, 3.63) is 47.1 Å². The van der Waals surface area contributed by atoms with Crippen molar-refractivity contribution in [3.8, 4) is 11.1 Å². The summed E-state index contributed by atoms with van der Waals surface area (Å²) in [5.41, 5.74) is 2.27. The molecule has 1 aromatic carbocycles. The van der Waals surface area contributed by atoms with Gasteiger partial charge in [0.05, 0.1) is 28.9 Å². The number of fused-ring (bicyclic) bond motifs is 2. The second-order valence-corrected chi connectivity index (χ2v) is 7.14. The van der Waals surface area contributed by atoms with Gasteiger partial charge in [0.2, 0.25) is 12.3 Å². The van der Waals surface area contributed by atoms with Crippen LogP contribution in [0.25, 0.3) is 27.7 Å². The number of benzene rings is 1. The fraction of sp³-hybridized carbons (Fsp3) is 0.200. The Morgan fingerprint density at radius 2 is 2.20 bits per heavy atom. The van der Waals surface area contributed by atoms with Crippen molar-refractivity contribution in [2.45, 2.75) is 19.8 Å². The molecule has 1 atom stereocenters. The minimum Gasteiger partial charge on any atom is -0.356 e. The Morgan fingerprint density at radius 3 is 2.93 bits per heavy atom. The normalized spacial score (nSPS) is 12.3. The summed E-state index contributed by atoms with van der Waals surface area (Å²) in [4.78, 5) is 27.2. The van der Waals surface area contributed by atoms with Crippen LogP contribution in [0, 0.1) is 5.82 Å². The van der Waals surface area contributed by atoms with Crippen molar-refractivity contribution in [1.29, 1.82) is 0 Å². The van der Waals surface area contributed by atoms with E-state index in [0.29, 0.717) is 46.4 Å². The number of carbonyl (C=O) groups is 2. The van der Waals surface area contributed by atoms with Crippen molar-refractivity contribution < 1.29 is 14.0 Å². The second kappa shape index (κ2) is 7.75. The Labute approximate surface area is 175 Å². The molecule has 3 aromatic heterocycles. The number of hydrogen-bond acceptors (Lipinski definition) is 4. The highest BCUT2D eigenvalue weighted by molar-refractivity contribution is 6.35. The van der Waals surface area contributed by atoms with Gasteiger partial charge in [-0.2, -0.15) is 5.10 Å². The smallest absolute Gasteiger partial charge is 0.227 e. The molecule has 1 unspecified atom stereocenters. The maximum atomic E-state index is 15.4. The predicted octanol–water partition coefficient (Wildman–Crippen LogP) is 3.48. The van der Waals surface area contributed by atoms with Crippen molar-refractivity contribution in [3.63, 3.8) is 0 Å². The van der Waals surface area contributed by atoms with E-state index in [4.69, 9.17) is 11.6 Å². The van der Waals surface area contributed by atoms with Crippen LogP contribution in [0.4, 0.5) is 10.2 Å². The van der Waals surface area contributed by atoms with E-state index in [0.717, 1.165) is 0 Å². The van der Waals surface area contributed by atoms with E-state index in [1.54, 1.807) is 49.0 Å². The number of pyridine rings is 1. The lowest BCUT2D eigenvalue weighted by Gasteiger charge is -2.17. The van der Waals surface area contributed by atoms with Crippen LogP contribution in [0.2, 0.25) is 5.02 Å². The van der Waals surface area contributed by atoms with Crippen LogP contribution in [-0.4, -0.2) is 38.4 Å². The van der Waals surface area contributed by atoms with Crippen molar-refractivity contribution in [2.75, 3.05) is 11.9 Å². The molecule has 0 radical (unpaired) electrons. The standard InChI is InChI=1S/C20H18ClFN6O2/c1-3-23-20(30)10(2)15-18(22)17(21)16(12-6-25-27-19(12)15)11-4-5-14-26-13(24-9-29)8-28(14)7-11/h4-10H,3H2,1-2H3,(H,23,30)(H,24,29)(H,25,27). The summed E-state index contributed by atoms with van der Waals surface area (Å²) in [7, 11) is 0. The van der Waals surface area contributed by atoms with Gasteiger partial charge in [0.1, 0.15) is 11.5 Å². The molecule has 30 heavy (non-hydrogen) atoms. The van der Waals surface area contributed by atoms with Gasteiger partial charge in [-0.15, -0.1) is 0 Å². The molecule has 154 valence electrons. The van der Waals surface area contributed by atoms with Gasteiger partial charge in [0.25, 0.3) is 0 Å². The first-order valence-corrected chi connectivity index (χ1v) is 9.65. The number of amides is 2. The third kappa shape index (κ3) is 3.17. The Kier molecular flexibility index (Phi) is 5.13. The Morgan fingerprint density at radius 1 is 1.40 bits per heavy atom. The predicted molar refractivity (Wildman–Crippen MR) is 112 cm³/mol. The number of anilines is 1. The number of hydrogen-bond donors (Lipinski definition) is 3. The maximum Gasteiger partial charge on any atom is 0.227 e. The van der Waals surface area contributed by atoms with E-state index in [9.17, 15) is 9.59 Å². The molecule has 10 heteroatoms. The van der Waals surface area contributed by atoms with Crippen molar-refractivity contribution in [2.24, 2.45) is 0 Å². The molecule has 2 amide bonds. The highest BCUT2D eigenvalue weighted by Crippen LogP contribution is 2.41. The summed E-state index contributed by atoms with van der Waals surface area (Å²) in [6.07, 6.45) is 5.47. The zero-order chi connectivity index (χ0) is 21.4. The second-order valence-electron chi connectivity index (χ2n) is 6.76. The largest absolute Gasteiger partial charge is 0.356 e. The topological polar surface area (TPSA) is 104 Å². The quantitative estimate of drug-likeness (QED) is 0.409. The van der Waals surface area contributed by atoms with Gasteiger partial charge in [-0.3, -0.25) is 14.7 Å². The van der Waals surface area contributed by atoms with Crippen LogP contribution in [0.15, 0.2) is 30.7 Å². The van der Waals surface area contributed by atoms with Gasteiger partial charge in [0, 0.05) is 34.8 Å². The third-order valence-corrected chi connectivity index (χ3v) is 5.31. The Bertz CT molecular complexity index is 1280. The molecule has 0 fully saturated rings. The molecule has 4 rings (SSSR count). The summed E-state index contributed by atoms with van der Waals surface area (Å²) in [5.74, 6) is -1.34. The molecule has 0 saturated heterocycles. The van der Waals surface area contributed by atoms with E-state index in [-0.39, 0.29) is 16.5 Å². The Hall–Kier alpha value is -3.46. The Balaban J connectivity index is 1.91. The first-order chi connectivity index (χ1) is 14.5. The van der Waals surface area contributed by atoms with Crippen LogP contribution < -0.4 is 10.6 Å². The molecular formula is C20H18ClFN6O2. The van der Waals surface area contributed by atoms with Crippen molar-refractivity contribution >= 4 is 46.3 Å². The molecule has 0 aliphatic heterocycles. The van der Waals surface area contributed by atoms with Gasteiger partial charge >= 0.3 is 0 Å². The average molecular weight is 429 g/mol. The van der Waals surface area contributed by atoms with Gasteiger partial charge < -0.3 is 15.0 Å². The van der Waals surface area contributed by atoms with Crippen LogP contribution in [-0.2, 0) is 9.59 Å². The van der Waals surface area contributed by atoms with E-state index < -0.39 is 11.7 Å². The van der Waals surface area contributed by atoms with E-state index in [2.05, 4.69) is 25.8 Å². The number of rotatable bonds is 6. The molecule has 3 heterocycles. The monoisotopic (exact) mass is 428 g/mol. The lowest BCUT2D eigenvalue weighted by molar-refractivity contribution is -0.122. The van der Waals surface area contributed by atoms with Crippen LogP contribution >= 0.6 is 11.6 Å². The number of aromatic amines is 1. The molecule has 8 nitrogen and oxygen atoms in total. The molecule has 4 aromatic rings. The number of H-pyrrole nitrogens is 1. The summed E-state index contributed by atoms with van der Waals surface area (Å²) in [6, 6.07) is 3.49. The molecule has 0 spiro atoms. The summed E-state index contributed by atoms with van der Waals surface area (Å²) in [5, 5.41) is 12.6. The number of nitrogens with one attached hydrogen (secondary N) is 3. The minimum atomic E-state index is -0.757. The average Bonchev–Trinajstić information content (AvgIpc) is 3.35. The lowest BCUT2D eigenvalue weighted by atomic mass is 9.93. The number of carbonyl (C=O) groups excluding carboxylic acids is 2. The number of aromatic nitrogens is 4. The SMILES string of the molecule is CCNC(=O)C(C)c1c(F)c(Cl)c(-c2ccc3nc(NC=O)cn3c2)c2cn[nH]c12. The number of likely N-dealkylation sites (N-methyl/N-ethyl adjacent to an activating group) is 1. The molecular weight excluding hydrogens is 411 g/mol. The van der Waals surface area contributed by atoms with E-state index in [1.165, 1.54) is 0 Å². The third-order valence-electron chi connectivity index (χ3n) is 4.95. The van der Waals surface area contributed by atoms with Gasteiger partial charge in [-0.05, 0) is 26.0 Å². The summed E-state index contributed by atoms with van der Waals surface area (Å²) < 4.78 is 17.1. The number of halogens is 2. The van der Waals surface area contributed by atoms with Gasteiger partial charge in [-0.1, -0.05) is 11.6 Å².